The molecule has 5 rings (SSSR count). The first-order chi connectivity index (χ1) is 13.7. The summed E-state index contributed by atoms with van der Waals surface area (Å²) in [7, 11) is 0. The first-order valence-electron chi connectivity index (χ1n) is 10.1. The van der Waals surface area contributed by atoms with Crippen LogP contribution in [-0.4, -0.2) is 32.3 Å². The van der Waals surface area contributed by atoms with E-state index in [1.54, 1.807) is 6.20 Å². The number of carbonyl (C=O) groups is 1. The molecule has 0 radical (unpaired) electrons. The molecule has 2 atom stereocenters. The number of likely N-dealkylation sites (tertiary alicyclic amines) is 1. The zero-order chi connectivity index (χ0) is 19.1. The number of fused-ring (bicyclic) bond motifs is 2. The van der Waals surface area contributed by atoms with Crippen LogP contribution in [0.5, 0.6) is 0 Å². The first kappa shape index (κ1) is 17.7. The van der Waals surface area contributed by atoms with Gasteiger partial charge in [0.1, 0.15) is 5.82 Å². The Morgan fingerprint density at radius 1 is 1.18 bits per heavy atom. The van der Waals surface area contributed by atoms with Crippen LogP contribution in [0.4, 0.5) is 0 Å². The lowest BCUT2D eigenvalue weighted by atomic mass is 9.85. The third-order valence-electron chi connectivity index (χ3n) is 6.06. The topological polar surface area (TPSA) is 61.9 Å². The number of aromatic nitrogens is 3. The fraction of sp³-hybridized carbons (Fsp3) is 0.409. The molecule has 144 valence electrons. The number of H-pyrrole nitrogens is 1. The van der Waals surface area contributed by atoms with Gasteiger partial charge in [-0.05, 0) is 68.4 Å². The summed E-state index contributed by atoms with van der Waals surface area (Å²) >= 11 is 6.12. The zero-order valence-corrected chi connectivity index (χ0v) is 16.5. The molecule has 3 aromatic rings. The van der Waals surface area contributed by atoms with E-state index in [0.717, 1.165) is 67.6 Å². The molecule has 2 aromatic heterocycles. The Balaban J connectivity index is 1.48. The first-order valence-corrected chi connectivity index (χ1v) is 10.5. The maximum absolute atomic E-state index is 13.6. The van der Waals surface area contributed by atoms with Crippen LogP contribution in [0, 0.1) is 0 Å². The summed E-state index contributed by atoms with van der Waals surface area (Å²) in [4.78, 5) is 28.4. The van der Waals surface area contributed by atoms with Gasteiger partial charge in [0.25, 0.3) is 0 Å². The van der Waals surface area contributed by atoms with E-state index < -0.39 is 0 Å². The summed E-state index contributed by atoms with van der Waals surface area (Å²) < 4.78 is 0. The number of piperidine rings is 1. The van der Waals surface area contributed by atoms with Gasteiger partial charge in [-0.3, -0.25) is 9.78 Å². The number of hydrogen-bond donors (Lipinski definition) is 1. The van der Waals surface area contributed by atoms with E-state index >= 15 is 0 Å². The Hall–Kier alpha value is -2.40. The average Bonchev–Trinajstić information content (AvgIpc) is 3.16. The van der Waals surface area contributed by atoms with Crippen molar-refractivity contribution in [2.75, 3.05) is 6.54 Å². The van der Waals surface area contributed by atoms with Crippen molar-refractivity contribution in [3.8, 4) is 0 Å². The Labute approximate surface area is 169 Å². The maximum atomic E-state index is 13.6. The highest BCUT2D eigenvalue weighted by Gasteiger charge is 2.36. The number of amides is 1. The molecular formula is C22H23ClN4O. The van der Waals surface area contributed by atoms with E-state index in [1.165, 1.54) is 5.56 Å². The van der Waals surface area contributed by atoms with E-state index in [9.17, 15) is 4.79 Å². The monoisotopic (exact) mass is 394 g/mol. The minimum absolute atomic E-state index is 0.0125. The molecule has 6 heteroatoms. The highest BCUT2D eigenvalue weighted by Crippen LogP contribution is 2.37. The van der Waals surface area contributed by atoms with Crippen molar-refractivity contribution in [1.29, 1.82) is 0 Å². The van der Waals surface area contributed by atoms with Gasteiger partial charge < -0.3 is 9.88 Å². The summed E-state index contributed by atoms with van der Waals surface area (Å²) in [6.07, 6.45) is 7.81. The van der Waals surface area contributed by atoms with Crippen LogP contribution in [0.1, 0.15) is 61.1 Å². The third kappa shape index (κ3) is 3.08. The molecule has 28 heavy (non-hydrogen) atoms. The Morgan fingerprint density at radius 2 is 2.11 bits per heavy atom. The smallest absolute Gasteiger partial charge is 0.232 e. The van der Waals surface area contributed by atoms with Crippen LogP contribution in [0.15, 0.2) is 36.5 Å². The molecule has 0 spiro atoms. The predicted octanol–water partition coefficient (Wildman–Crippen LogP) is 4.79. The van der Waals surface area contributed by atoms with Gasteiger partial charge in [-0.15, -0.1) is 0 Å². The predicted molar refractivity (Wildman–Crippen MR) is 109 cm³/mol. The molecule has 3 heterocycles. The summed E-state index contributed by atoms with van der Waals surface area (Å²) in [5.41, 5.74) is 4.01. The van der Waals surface area contributed by atoms with Crippen LogP contribution in [0.25, 0.3) is 11.0 Å². The number of pyridine rings is 1. The van der Waals surface area contributed by atoms with E-state index in [4.69, 9.17) is 16.6 Å². The number of hydrogen-bond acceptors (Lipinski definition) is 3. The number of nitrogens with one attached hydrogen (secondary N) is 1. The molecular weight excluding hydrogens is 372 g/mol. The van der Waals surface area contributed by atoms with Crippen molar-refractivity contribution in [3.63, 3.8) is 0 Å². The fourth-order valence-corrected chi connectivity index (χ4v) is 4.86. The Morgan fingerprint density at radius 3 is 3.04 bits per heavy atom. The molecule has 1 aliphatic heterocycles. The van der Waals surface area contributed by atoms with Crippen LogP contribution < -0.4 is 0 Å². The lowest BCUT2D eigenvalue weighted by molar-refractivity contribution is -0.137. The maximum Gasteiger partial charge on any atom is 0.232 e. The van der Waals surface area contributed by atoms with Crippen LogP contribution in [0.2, 0.25) is 5.02 Å². The van der Waals surface area contributed by atoms with Crippen molar-refractivity contribution in [2.24, 2.45) is 0 Å². The Bertz CT molecular complexity index is 1030. The SMILES string of the molecule is O=C(C1CCCc2cccnc21)N1CCCCC1c1nc2ccc(Cl)cc2[nH]1. The number of benzene rings is 1. The van der Waals surface area contributed by atoms with Gasteiger partial charge in [0.2, 0.25) is 5.91 Å². The minimum Gasteiger partial charge on any atom is -0.340 e. The lowest BCUT2D eigenvalue weighted by Gasteiger charge is -2.37. The molecule has 5 nitrogen and oxygen atoms in total. The average molecular weight is 395 g/mol. The van der Waals surface area contributed by atoms with Gasteiger partial charge in [0, 0.05) is 17.8 Å². The van der Waals surface area contributed by atoms with Crippen molar-refractivity contribution in [1.82, 2.24) is 19.9 Å². The molecule has 1 amide bonds. The standard InChI is InChI=1S/C22H23ClN4O/c23-15-9-10-17-18(13-15)26-21(25-17)19-8-1-2-12-27(19)22(28)16-7-3-5-14-6-4-11-24-20(14)16/h4,6,9-11,13,16,19H,1-3,5,7-8,12H2,(H,25,26). The van der Waals surface area contributed by atoms with E-state index in [-0.39, 0.29) is 17.9 Å². The van der Waals surface area contributed by atoms with Gasteiger partial charge in [-0.1, -0.05) is 17.7 Å². The molecule has 1 N–H and O–H groups in total. The van der Waals surface area contributed by atoms with Crippen molar-refractivity contribution in [3.05, 3.63) is 58.6 Å². The zero-order valence-electron chi connectivity index (χ0n) is 15.7. The van der Waals surface area contributed by atoms with Crippen LogP contribution in [0.3, 0.4) is 0 Å². The number of aromatic amines is 1. The molecule has 2 unspecified atom stereocenters. The number of rotatable bonds is 2. The van der Waals surface area contributed by atoms with Gasteiger partial charge in [-0.2, -0.15) is 0 Å². The molecule has 2 aliphatic rings. The van der Waals surface area contributed by atoms with Crippen molar-refractivity contribution in [2.45, 2.75) is 50.5 Å². The van der Waals surface area contributed by atoms with Crippen LogP contribution in [-0.2, 0) is 11.2 Å². The van der Waals surface area contributed by atoms with Gasteiger partial charge in [0.15, 0.2) is 0 Å². The Kier molecular flexibility index (Phi) is 4.55. The van der Waals surface area contributed by atoms with E-state index in [1.807, 2.05) is 29.2 Å². The van der Waals surface area contributed by atoms with Crippen molar-refractivity contribution >= 4 is 28.5 Å². The third-order valence-corrected chi connectivity index (χ3v) is 6.29. The van der Waals surface area contributed by atoms with Gasteiger partial charge >= 0.3 is 0 Å². The highest BCUT2D eigenvalue weighted by molar-refractivity contribution is 6.31. The van der Waals surface area contributed by atoms with E-state index in [0.29, 0.717) is 5.02 Å². The molecule has 1 aromatic carbocycles. The van der Waals surface area contributed by atoms with Gasteiger partial charge in [0.05, 0.1) is 28.7 Å². The highest BCUT2D eigenvalue weighted by atomic mass is 35.5. The fourth-order valence-electron chi connectivity index (χ4n) is 4.69. The summed E-state index contributed by atoms with van der Waals surface area (Å²) in [5.74, 6) is 0.926. The van der Waals surface area contributed by atoms with Crippen molar-refractivity contribution < 1.29 is 4.79 Å². The molecule has 1 saturated heterocycles. The molecule has 1 fully saturated rings. The van der Waals surface area contributed by atoms with Gasteiger partial charge in [-0.25, -0.2) is 4.98 Å². The molecule has 1 aliphatic carbocycles. The van der Waals surface area contributed by atoms with E-state index in [2.05, 4.69) is 16.0 Å². The minimum atomic E-state index is -0.135. The second-order valence-corrected chi connectivity index (χ2v) is 8.26. The molecule has 0 saturated carbocycles. The number of imidazole rings is 1. The second-order valence-electron chi connectivity index (χ2n) is 7.82. The summed E-state index contributed by atoms with van der Waals surface area (Å²) in [6, 6.07) is 9.73. The molecule has 0 bridgehead atoms. The van der Waals surface area contributed by atoms with Crippen LogP contribution >= 0.6 is 11.6 Å². The quantitative estimate of drug-likeness (QED) is 0.680. The summed E-state index contributed by atoms with van der Waals surface area (Å²) in [5, 5.41) is 0.684. The normalized spacial score (nSPS) is 22.2. The number of carbonyl (C=O) groups excluding carboxylic acids is 1. The number of aryl methyl sites for hydroxylation is 1. The second kappa shape index (κ2) is 7.21. The largest absolute Gasteiger partial charge is 0.340 e. The number of nitrogens with zero attached hydrogens (tertiary/aromatic N) is 3. The number of halogens is 1. The summed E-state index contributed by atoms with van der Waals surface area (Å²) in [6.45, 7) is 0.778. The lowest BCUT2D eigenvalue weighted by Crippen LogP contribution is -2.42.